The minimum absolute atomic E-state index is 0.582. The van der Waals surface area contributed by atoms with Gasteiger partial charge in [0, 0.05) is 19.6 Å². The summed E-state index contributed by atoms with van der Waals surface area (Å²) < 4.78 is 0. The van der Waals surface area contributed by atoms with E-state index in [9.17, 15) is 0 Å². The summed E-state index contributed by atoms with van der Waals surface area (Å²) >= 11 is 0. The van der Waals surface area contributed by atoms with E-state index >= 15 is 0 Å². The number of rotatable bonds is 5. The van der Waals surface area contributed by atoms with Crippen LogP contribution in [0.3, 0.4) is 0 Å². The number of hydrogen-bond donors (Lipinski definition) is 1. The molecule has 2 N–H and O–H groups in total. The molecule has 0 heterocycles. The van der Waals surface area contributed by atoms with Gasteiger partial charge in [0.05, 0.1) is 0 Å². The third-order valence-electron chi connectivity index (χ3n) is 1.82. The van der Waals surface area contributed by atoms with Crippen molar-refractivity contribution in [2.24, 2.45) is 16.6 Å². The summed E-state index contributed by atoms with van der Waals surface area (Å²) in [5.74, 6) is 1.27. The highest BCUT2D eigenvalue weighted by Gasteiger charge is 2.03. The van der Waals surface area contributed by atoms with E-state index in [-0.39, 0.29) is 0 Å². The molecule has 0 aromatic carbocycles. The molecule has 0 aromatic heterocycles. The molecule has 0 atom stereocenters. The number of aliphatic imine (C=N–C) groups is 1. The molecule has 0 bridgehead atoms. The zero-order chi connectivity index (χ0) is 10.3. The Morgan fingerprint density at radius 3 is 2.38 bits per heavy atom. The van der Waals surface area contributed by atoms with Gasteiger partial charge in [0.15, 0.2) is 5.96 Å². The molecule has 0 aliphatic heterocycles. The van der Waals surface area contributed by atoms with Crippen LogP contribution in [0.15, 0.2) is 4.99 Å². The van der Waals surface area contributed by atoms with Crippen molar-refractivity contribution in [1.82, 2.24) is 4.90 Å². The van der Waals surface area contributed by atoms with Gasteiger partial charge in [-0.2, -0.15) is 0 Å². The number of nitrogens with two attached hydrogens (primary N) is 1. The van der Waals surface area contributed by atoms with Crippen LogP contribution in [0.4, 0.5) is 0 Å². The van der Waals surface area contributed by atoms with Crippen LogP contribution in [0.2, 0.25) is 0 Å². The van der Waals surface area contributed by atoms with Crippen molar-refractivity contribution >= 4 is 5.96 Å². The lowest BCUT2D eigenvalue weighted by Crippen LogP contribution is -2.38. The quantitative estimate of drug-likeness (QED) is 0.523. The zero-order valence-corrected chi connectivity index (χ0v) is 9.38. The molecule has 0 radical (unpaired) electrons. The van der Waals surface area contributed by atoms with Gasteiger partial charge in [-0.25, -0.2) is 0 Å². The standard InChI is InChI=1S/C10H23N3/c1-5-7-13(6-2)10(11)12-8-9(3)4/h9H,5-8H2,1-4H3,(H2,11,12). The smallest absolute Gasteiger partial charge is 0.191 e. The van der Waals surface area contributed by atoms with Gasteiger partial charge in [0.2, 0.25) is 0 Å². The number of hydrogen-bond acceptors (Lipinski definition) is 1. The average Bonchev–Trinajstić information content (AvgIpc) is 2.10. The van der Waals surface area contributed by atoms with E-state index in [1.165, 1.54) is 0 Å². The molecular weight excluding hydrogens is 162 g/mol. The van der Waals surface area contributed by atoms with Gasteiger partial charge < -0.3 is 10.6 Å². The number of guanidine groups is 1. The summed E-state index contributed by atoms with van der Waals surface area (Å²) in [6.45, 7) is 11.3. The molecule has 3 nitrogen and oxygen atoms in total. The molecule has 13 heavy (non-hydrogen) atoms. The maximum atomic E-state index is 5.84. The minimum atomic E-state index is 0.582. The topological polar surface area (TPSA) is 41.6 Å². The Bertz CT molecular complexity index is 152. The van der Waals surface area contributed by atoms with Crippen LogP contribution in [0.25, 0.3) is 0 Å². The highest BCUT2D eigenvalue weighted by molar-refractivity contribution is 5.78. The first-order valence-corrected chi connectivity index (χ1v) is 5.16. The predicted molar refractivity (Wildman–Crippen MR) is 58.9 cm³/mol. The van der Waals surface area contributed by atoms with Crippen molar-refractivity contribution < 1.29 is 0 Å². The fourth-order valence-electron chi connectivity index (χ4n) is 1.08. The molecule has 3 heteroatoms. The van der Waals surface area contributed by atoms with Gasteiger partial charge in [0.25, 0.3) is 0 Å². The molecule has 0 amide bonds. The van der Waals surface area contributed by atoms with Crippen LogP contribution in [-0.2, 0) is 0 Å². The van der Waals surface area contributed by atoms with Gasteiger partial charge in [-0.05, 0) is 19.3 Å². The molecule has 0 aliphatic rings. The SMILES string of the molecule is CCCN(CC)C(N)=NCC(C)C. The second-order valence-corrected chi connectivity index (χ2v) is 3.67. The van der Waals surface area contributed by atoms with Gasteiger partial charge >= 0.3 is 0 Å². The van der Waals surface area contributed by atoms with Crippen molar-refractivity contribution in [2.45, 2.75) is 34.1 Å². The van der Waals surface area contributed by atoms with Crippen LogP contribution in [0.5, 0.6) is 0 Å². The van der Waals surface area contributed by atoms with Gasteiger partial charge in [-0.3, -0.25) is 4.99 Å². The molecular formula is C10H23N3. The third-order valence-corrected chi connectivity index (χ3v) is 1.82. The van der Waals surface area contributed by atoms with Crippen LogP contribution >= 0.6 is 0 Å². The van der Waals surface area contributed by atoms with Gasteiger partial charge in [0.1, 0.15) is 0 Å². The van der Waals surface area contributed by atoms with Crippen molar-refractivity contribution in [3.63, 3.8) is 0 Å². The second kappa shape index (κ2) is 6.75. The van der Waals surface area contributed by atoms with E-state index in [0.29, 0.717) is 11.9 Å². The summed E-state index contributed by atoms with van der Waals surface area (Å²) in [4.78, 5) is 6.45. The van der Waals surface area contributed by atoms with Crippen LogP contribution in [-0.4, -0.2) is 30.5 Å². The lowest BCUT2D eigenvalue weighted by atomic mass is 10.2. The highest BCUT2D eigenvalue weighted by atomic mass is 15.2. The van der Waals surface area contributed by atoms with Crippen LogP contribution in [0, 0.1) is 5.92 Å². The molecule has 0 aromatic rings. The van der Waals surface area contributed by atoms with Crippen LogP contribution in [0.1, 0.15) is 34.1 Å². The Morgan fingerprint density at radius 2 is 2.00 bits per heavy atom. The number of nitrogens with zero attached hydrogens (tertiary/aromatic N) is 2. The van der Waals surface area contributed by atoms with E-state index in [0.717, 1.165) is 26.1 Å². The molecule has 0 unspecified atom stereocenters. The maximum absolute atomic E-state index is 5.84. The summed E-state index contributed by atoms with van der Waals surface area (Å²) in [6.07, 6.45) is 1.12. The van der Waals surface area contributed by atoms with E-state index in [2.05, 4.69) is 37.6 Å². The van der Waals surface area contributed by atoms with E-state index < -0.39 is 0 Å². The van der Waals surface area contributed by atoms with Crippen molar-refractivity contribution in [3.8, 4) is 0 Å². The Kier molecular flexibility index (Phi) is 6.37. The Balaban J connectivity index is 4.01. The molecule has 0 saturated carbocycles. The lowest BCUT2D eigenvalue weighted by molar-refractivity contribution is 0.431. The van der Waals surface area contributed by atoms with E-state index in [1.807, 2.05) is 0 Å². The Hall–Kier alpha value is -0.730. The highest BCUT2D eigenvalue weighted by Crippen LogP contribution is 1.95. The largest absolute Gasteiger partial charge is 0.370 e. The molecule has 0 aliphatic carbocycles. The average molecular weight is 185 g/mol. The normalized spacial score (nSPS) is 12.2. The van der Waals surface area contributed by atoms with Gasteiger partial charge in [-0.15, -0.1) is 0 Å². The summed E-state index contributed by atoms with van der Waals surface area (Å²) in [5, 5.41) is 0. The van der Waals surface area contributed by atoms with Crippen molar-refractivity contribution in [1.29, 1.82) is 0 Å². The molecule has 0 saturated heterocycles. The molecule has 78 valence electrons. The van der Waals surface area contributed by atoms with Crippen molar-refractivity contribution in [2.75, 3.05) is 19.6 Å². The first-order chi connectivity index (χ1) is 6.11. The van der Waals surface area contributed by atoms with E-state index in [4.69, 9.17) is 5.73 Å². The van der Waals surface area contributed by atoms with Crippen molar-refractivity contribution in [3.05, 3.63) is 0 Å². The van der Waals surface area contributed by atoms with Crippen LogP contribution < -0.4 is 5.73 Å². The Labute approximate surface area is 82.0 Å². The predicted octanol–water partition coefficient (Wildman–Crippen LogP) is 1.69. The van der Waals surface area contributed by atoms with Gasteiger partial charge in [-0.1, -0.05) is 20.8 Å². The molecule has 0 spiro atoms. The minimum Gasteiger partial charge on any atom is -0.370 e. The maximum Gasteiger partial charge on any atom is 0.191 e. The zero-order valence-electron chi connectivity index (χ0n) is 9.38. The second-order valence-electron chi connectivity index (χ2n) is 3.67. The Morgan fingerprint density at radius 1 is 1.38 bits per heavy atom. The molecule has 0 rings (SSSR count). The van der Waals surface area contributed by atoms with E-state index in [1.54, 1.807) is 0 Å². The first-order valence-electron chi connectivity index (χ1n) is 5.16. The fourth-order valence-corrected chi connectivity index (χ4v) is 1.08. The third kappa shape index (κ3) is 5.50. The lowest BCUT2D eigenvalue weighted by Gasteiger charge is -2.21. The summed E-state index contributed by atoms with van der Waals surface area (Å²) in [7, 11) is 0. The summed E-state index contributed by atoms with van der Waals surface area (Å²) in [5.41, 5.74) is 5.84. The molecule has 0 fully saturated rings. The fraction of sp³-hybridized carbons (Fsp3) is 0.900. The first kappa shape index (κ1) is 12.3. The summed E-state index contributed by atoms with van der Waals surface area (Å²) in [6, 6.07) is 0. The monoisotopic (exact) mass is 185 g/mol.